The van der Waals surface area contributed by atoms with Crippen LogP contribution < -0.4 is 9.64 Å². The van der Waals surface area contributed by atoms with Crippen molar-refractivity contribution < 1.29 is 9.53 Å². The summed E-state index contributed by atoms with van der Waals surface area (Å²) in [4.78, 5) is 26.1. The molecular weight excluding hydrogens is 440 g/mol. The van der Waals surface area contributed by atoms with E-state index in [2.05, 4.69) is 14.9 Å². The van der Waals surface area contributed by atoms with E-state index in [9.17, 15) is 4.79 Å². The summed E-state index contributed by atoms with van der Waals surface area (Å²) in [5, 5.41) is 5.28. The molecule has 0 saturated carbocycles. The van der Waals surface area contributed by atoms with Gasteiger partial charge in [-0.05, 0) is 36.4 Å². The minimum absolute atomic E-state index is 0.0316. The molecule has 9 heteroatoms. The van der Waals surface area contributed by atoms with Gasteiger partial charge in [-0.2, -0.15) is 5.10 Å². The van der Waals surface area contributed by atoms with Gasteiger partial charge in [0.25, 0.3) is 0 Å². The molecule has 33 heavy (non-hydrogen) atoms. The summed E-state index contributed by atoms with van der Waals surface area (Å²) in [6.45, 7) is 2.89. The number of carbonyl (C=O) groups is 1. The maximum Gasteiger partial charge on any atom is 0.244 e. The quantitative estimate of drug-likeness (QED) is 0.452. The smallest absolute Gasteiger partial charge is 0.244 e. The minimum Gasteiger partial charge on any atom is -0.495 e. The molecular formula is C24H23ClN6O2. The number of rotatable bonds is 5. The fourth-order valence-corrected chi connectivity index (χ4v) is 4.29. The summed E-state index contributed by atoms with van der Waals surface area (Å²) in [6, 6.07) is 15.2. The summed E-state index contributed by atoms with van der Waals surface area (Å²) in [6.07, 6.45) is 3.46. The Hall–Kier alpha value is -3.65. The van der Waals surface area contributed by atoms with Crippen LogP contribution in [0, 0.1) is 0 Å². The first kappa shape index (κ1) is 21.2. The Bertz CT molecular complexity index is 1280. The molecule has 1 saturated heterocycles. The van der Waals surface area contributed by atoms with Crippen LogP contribution in [0.25, 0.3) is 22.4 Å². The van der Waals surface area contributed by atoms with E-state index < -0.39 is 0 Å². The fraction of sp³-hybridized carbons (Fsp3) is 0.250. The van der Waals surface area contributed by atoms with E-state index in [0.717, 1.165) is 35.5 Å². The second-order valence-electron chi connectivity index (χ2n) is 7.78. The van der Waals surface area contributed by atoms with E-state index >= 15 is 0 Å². The molecule has 1 aliphatic heterocycles. The van der Waals surface area contributed by atoms with Crippen LogP contribution in [-0.2, 0) is 11.3 Å². The van der Waals surface area contributed by atoms with Crippen LogP contribution in [0.1, 0.15) is 0 Å². The normalized spacial score (nSPS) is 14.0. The zero-order valence-electron chi connectivity index (χ0n) is 18.2. The van der Waals surface area contributed by atoms with Crippen molar-refractivity contribution in [2.24, 2.45) is 0 Å². The van der Waals surface area contributed by atoms with Crippen molar-refractivity contribution in [3.63, 3.8) is 0 Å². The number of piperazine rings is 1. The number of anilines is 1. The predicted octanol–water partition coefficient (Wildman–Crippen LogP) is 3.50. The second kappa shape index (κ2) is 9.07. The van der Waals surface area contributed by atoms with Gasteiger partial charge < -0.3 is 14.5 Å². The minimum atomic E-state index is 0.0316. The van der Waals surface area contributed by atoms with Crippen molar-refractivity contribution in [3.8, 4) is 17.1 Å². The van der Waals surface area contributed by atoms with Gasteiger partial charge in [0.2, 0.25) is 5.91 Å². The first-order valence-electron chi connectivity index (χ1n) is 10.7. The number of hydrogen-bond donors (Lipinski definition) is 0. The zero-order valence-corrected chi connectivity index (χ0v) is 18.9. The number of aromatic nitrogens is 4. The number of fused-ring (bicyclic) bond motifs is 1. The van der Waals surface area contributed by atoms with Crippen molar-refractivity contribution in [2.75, 3.05) is 38.2 Å². The summed E-state index contributed by atoms with van der Waals surface area (Å²) in [7, 11) is 1.61. The number of nitrogens with zero attached hydrogens (tertiary/aromatic N) is 6. The third-order valence-electron chi connectivity index (χ3n) is 5.83. The highest BCUT2D eigenvalue weighted by Gasteiger charge is 2.24. The number of carbonyl (C=O) groups excluding carboxylic acids is 1. The molecule has 0 N–H and O–H groups in total. The van der Waals surface area contributed by atoms with Crippen LogP contribution in [-0.4, -0.2) is 63.8 Å². The number of benzene rings is 1. The molecule has 4 heterocycles. The van der Waals surface area contributed by atoms with Gasteiger partial charge in [-0.25, -0.2) is 0 Å². The SMILES string of the molecule is COc1cc(N2CCN(C(=O)Cn3nc(-c4ccccn4)c4ncccc43)CC2)ccc1Cl. The molecule has 0 atom stereocenters. The van der Waals surface area contributed by atoms with Gasteiger partial charge in [-0.3, -0.25) is 19.4 Å². The molecule has 0 bridgehead atoms. The number of halogens is 1. The number of methoxy groups -OCH3 is 1. The average Bonchev–Trinajstić information content (AvgIpc) is 3.23. The number of hydrogen-bond acceptors (Lipinski definition) is 6. The largest absolute Gasteiger partial charge is 0.495 e. The lowest BCUT2D eigenvalue weighted by Gasteiger charge is -2.36. The molecule has 168 valence electrons. The number of amides is 1. The summed E-state index contributed by atoms with van der Waals surface area (Å²) in [5.41, 5.74) is 4.01. The average molecular weight is 463 g/mol. The Labute approximate surface area is 196 Å². The molecule has 8 nitrogen and oxygen atoms in total. The highest BCUT2D eigenvalue weighted by Crippen LogP contribution is 2.30. The number of ether oxygens (including phenoxy) is 1. The molecule has 0 aliphatic carbocycles. The lowest BCUT2D eigenvalue weighted by atomic mass is 10.2. The van der Waals surface area contributed by atoms with Crippen molar-refractivity contribution >= 4 is 34.2 Å². The molecule has 0 radical (unpaired) electrons. The maximum atomic E-state index is 13.1. The summed E-state index contributed by atoms with van der Waals surface area (Å²) in [5.74, 6) is 0.680. The van der Waals surface area contributed by atoms with Gasteiger partial charge >= 0.3 is 0 Å². The summed E-state index contributed by atoms with van der Waals surface area (Å²) >= 11 is 6.15. The lowest BCUT2D eigenvalue weighted by molar-refractivity contribution is -0.132. The van der Waals surface area contributed by atoms with Crippen LogP contribution in [0.5, 0.6) is 5.75 Å². The molecule has 1 aromatic carbocycles. The maximum absolute atomic E-state index is 13.1. The molecule has 0 spiro atoms. The van der Waals surface area contributed by atoms with Gasteiger partial charge in [-0.15, -0.1) is 0 Å². The van der Waals surface area contributed by atoms with Crippen LogP contribution in [0.2, 0.25) is 5.02 Å². The van der Waals surface area contributed by atoms with E-state index in [4.69, 9.17) is 21.4 Å². The molecule has 0 unspecified atom stereocenters. The Morgan fingerprint density at radius 1 is 1.03 bits per heavy atom. The lowest BCUT2D eigenvalue weighted by Crippen LogP contribution is -2.49. The Balaban J connectivity index is 1.30. The van der Waals surface area contributed by atoms with Crippen molar-refractivity contribution in [1.29, 1.82) is 0 Å². The van der Waals surface area contributed by atoms with E-state index in [1.807, 2.05) is 53.4 Å². The van der Waals surface area contributed by atoms with Gasteiger partial charge in [0.15, 0.2) is 0 Å². The van der Waals surface area contributed by atoms with Gasteiger partial charge in [0.05, 0.1) is 23.3 Å². The van der Waals surface area contributed by atoms with E-state index in [1.165, 1.54) is 0 Å². The summed E-state index contributed by atoms with van der Waals surface area (Å²) < 4.78 is 7.06. The molecule has 4 aromatic rings. The Morgan fingerprint density at radius 2 is 1.85 bits per heavy atom. The van der Waals surface area contributed by atoms with E-state index in [1.54, 1.807) is 24.2 Å². The van der Waals surface area contributed by atoms with E-state index in [-0.39, 0.29) is 12.5 Å². The third-order valence-corrected chi connectivity index (χ3v) is 6.15. The van der Waals surface area contributed by atoms with Crippen LogP contribution in [0.4, 0.5) is 5.69 Å². The highest BCUT2D eigenvalue weighted by molar-refractivity contribution is 6.32. The molecule has 5 rings (SSSR count). The standard InChI is InChI=1S/C24H23ClN6O2/c1-33-21-15-17(7-8-18(21)25)29-11-13-30(14-12-29)22(32)16-31-20-6-4-10-27-24(20)23(28-31)19-5-2-3-9-26-19/h2-10,15H,11-14,16H2,1H3. The van der Waals surface area contributed by atoms with Gasteiger partial charge in [0.1, 0.15) is 23.5 Å². The fourth-order valence-electron chi connectivity index (χ4n) is 4.09. The highest BCUT2D eigenvalue weighted by atomic mass is 35.5. The van der Waals surface area contributed by atoms with Crippen molar-refractivity contribution in [3.05, 3.63) is 65.9 Å². The molecule has 3 aromatic heterocycles. The third kappa shape index (κ3) is 4.21. The zero-order chi connectivity index (χ0) is 22.8. The molecule has 1 fully saturated rings. The van der Waals surface area contributed by atoms with Crippen molar-refractivity contribution in [2.45, 2.75) is 6.54 Å². The second-order valence-corrected chi connectivity index (χ2v) is 8.19. The monoisotopic (exact) mass is 462 g/mol. The van der Waals surface area contributed by atoms with Gasteiger partial charge in [-0.1, -0.05) is 17.7 Å². The van der Waals surface area contributed by atoms with Crippen LogP contribution in [0.15, 0.2) is 60.9 Å². The van der Waals surface area contributed by atoms with Gasteiger partial charge in [0, 0.05) is 50.3 Å². The Kier molecular flexibility index (Phi) is 5.83. The van der Waals surface area contributed by atoms with Crippen molar-refractivity contribution in [1.82, 2.24) is 24.6 Å². The number of pyridine rings is 2. The first-order chi connectivity index (χ1) is 16.1. The van der Waals surface area contributed by atoms with Crippen LogP contribution >= 0.6 is 11.6 Å². The Morgan fingerprint density at radius 3 is 2.61 bits per heavy atom. The van der Waals surface area contributed by atoms with E-state index in [0.29, 0.717) is 29.6 Å². The molecule has 1 amide bonds. The van der Waals surface area contributed by atoms with Crippen LogP contribution in [0.3, 0.4) is 0 Å². The predicted molar refractivity (Wildman–Crippen MR) is 128 cm³/mol. The topological polar surface area (TPSA) is 76.4 Å². The first-order valence-corrected chi connectivity index (χ1v) is 11.1. The molecule has 1 aliphatic rings.